The molecule has 0 aromatic heterocycles. The second-order valence-corrected chi connectivity index (χ2v) is 12.9. The van der Waals surface area contributed by atoms with Crippen LogP contribution in [0.5, 0.6) is 11.5 Å². The largest absolute Gasteiger partial charge is 0.493 e. The Hall–Kier alpha value is -3.98. The van der Waals surface area contributed by atoms with Gasteiger partial charge in [-0.25, -0.2) is 13.6 Å². The molecule has 1 amide bonds. The van der Waals surface area contributed by atoms with Gasteiger partial charge in [-0.05, 0) is 125 Å². The zero-order valence-corrected chi connectivity index (χ0v) is 28.0. The van der Waals surface area contributed by atoms with Crippen molar-refractivity contribution in [3.63, 3.8) is 0 Å². The number of carbonyl (C=O) groups excluding carboxylic acids is 2. The van der Waals surface area contributed by atoms with E-state index >= 15 is 4.39 Å². The summed E-state index contributed by atoms with van der Waals surface area (Å²) < 4.78 is 53.3. The Morgan fingerprint density at radius 1 is 1.00 bits per heavy atom. The molecule has 3 aromatic rings. The van der Waals surface area contributed by atoms with E-state index in [1.54, 1.807) is 17.9 Å². The molecule has 46 heavy (non-hydrogen) atoms. The fraction of sp³-hybridized carbons (Fsp3) is 0.459. The zero-order chi connectivity index (χ0) is 33.5. The lowest BCUT2D eigenvalue weighted by molar-refractivity contribution is -0.166. The Balaban J connectivity index is 1.75. The summed E-state index contributed by atoms with van der Waals surface area (Å²) in [6.45, 7) is 14.5. The highest BCUT2D eigenvalue weighted by Gasteiger charge is 2.37. The molecular weight excluding hydrogens is 592 g/mol. The first-order chi connectivity index (χ1) is 21.8. The number of nitrogens with zero attached hydrogens (tertiary/aromatic N) is 1. The van der Waals surface area contributed by atoms with E-state index in [1.165, 1.54) is 25.3 Å². The van der Waals surface area contributed by atoms with E-state index in [4.69, 9.17) is 18.9 Å². The number of hydrogen-bond acceptors (Lipinski definition) is 6. The fourth-order valence-electron chi connectivity index (χ4n) is 6.84. The predicted octanol–water partition coefficient (Wildman–Crippen LogP) is 7.51. The van der Waals surface area contributed by atoms with Crippen molar-refractivity contribution in [3.05, 3.63) is 80.4 Å². The molecule has 1 atom stereocenters. The van der Waals surface area contributed by atoms with Gasteiger partial charge in [-0.1, -0.05) is 6.07 Å². The van der Waals surface area contributed by atoms with Gasteiger partial charge in [0.2, 0.25) is 0 Å². The lowest BCUT2D eigenvalue weighted by atomic mass is 9.78. The molecule has 7 nitrogen and oxygen atoms in total. The molecule has 0 aliphatic carbocycles. The van der Waals surface area contributed by atoms with E-state index in [0.717, 1.165) is 39.8 Å². The molecule has 0 N–H and O–H groups in total. The van der Waals surface area contributed by atoms with Crippen molar-refractivity contribution >= 4 is 11.9 Å². The SMILES string of the molecule is CCOC(=O)C(OC(C)(C)C)c1c(C)c2c(c(C)c1-c1cc(F)c3c(c1C)CCCO3)CN(C(=O)c1cccc(F)c1OC)CC2. The molecule has 0 radical (unpaired) electrons. The minimum absolute atomic E-state index is 0.0961. The summed E-state index contributed by atoms with van der Waals surface area (Å²) in [5.41, 5.74) is 6.61. The molecule has 0 spiro atoms. The lowest BCUT2D eigenvalue weighted by Gasteiger charge is -2.36. The lowest BCUT2D eigenvalue weighted by Crippen LogP contribution is -2.38. The van der Waals surface area contributed by atoms with Crippen LogP contribution >= 0.6 is 0 Å². The number of methoxy groups -OCH3 is 1. The number of halogens is 2. The van der Waals surface area contributed by atoms with Gasteiger partial charge >= 0.3 is 5.97 Å². The second kappa shape index (κ2) is 13.0. The number of carbonyl (C=O) groups is 2. The number of amides is 1. The van der Waals surface area contributed by atoms with Gasteiger partial charge in [0.25, 0.3) is 5.91 Å². The zero-order valence-electron chi connectivity index (χ0n) is 28.0. The number of fused-ring (bicyclic) bond motifs is 2. The molecule has 0 saturated carbocycles. The summed E-state index contributed by atoms with van der Waals surface area (Å²) in [7, 11) is 1.34. The highest BCUT2D eigenvalue weighted by atomic mass is 19.1. The molecule has 0 saturated heterocycles. The average molecular weight is 636 g/mol. The van der Waals surface area contributed by atoms with Crippen molar-refractivity contribution in [1.82, 2.24) is 4.90 Å². The first kappa shape index (κ1) is 33.4. The van der Waals surface area contributed by atoms with Gasteiger partial charge in [0, 0.05) is 24.2 Å². The van der Waals surface area contributed by atoms with Gasteiger partial charge in [0.15, 0.2) is 29.2 Å². The van der Waals surface area contributed by atoms with E-state index in [9.17, 15) is 14.0 Å². The van der Waals surface area contributed by atoms with Gasteiger partial charge in [0.05, 0.1) is 31.5 Å². The average Bonchev–Trinajstić information content (AvgIpc) is 3.02. The van der Waals surface area contributed by atoms with Crippen molar-refractivity contribution < 1.29 is 37.3 Å². The van der Waals surface area contributed by atoms with E-state index in [2.05, 4.69) is 0 Å². The number of hydrogen-bond donors (Lipinski definition) is 0. The third kappa shape index (κ3) is 6.09. The highest BCUT2D eigenvalue weighted by molar-refractivity contribution is 5.97. The molecule has 2 aliphatic heterocycles. The quantitative estimate of drug-likeness (QED) is 0.250. The fourth-order valence-corrected chi connectivity index (χ4v) is 6.84. The summed E-state index contributed by atoms with van der Waals surface area (Å²) in [4.78, 5) is 29.1. The number of para-hydroxylation sites is 1. The Morgan fingerprint density at radius 2 is 1.74 bits per heavy atom. The van der Waals surface area contributed by atoms with Crippen molar-refractivity contribution in [1.29, 1.82) is 0 Å². The van der Waals surface area contributed by atoms with Crippen molar-refractivity contribution in [3.8, 4) is 22.6 Å². The molecule has 246 valence electrons. The molecule has 1 unspecified atom stereocenters. The first-order valence-electron chi connectivity index (χ1n) is 15.8. The molecule has 5 rings (SSSR count). The molecule has 0 fully saturated rings. The maximum absolute atomic E-state index is 15.8. The number of esters is 1. The van der Waals surface area contributed by atoms with Crippen LogP contribution in [0.3, 0.4) is 0 Å². The Bertz CT molecular complexity index is 1690. The minimum Gasteiger partial charge on any atom is -0.493 e. The van der Waals surface area contributed by atoms with E-state index in [-0.39, 0.29) is 36.1 Å². The standard InChI is InChI=1S/C37H43F2NO6/c1-9-44-36(42)34(46-37(5,6)7)31-21(3)23-15-16-40(35(41)25-12-10-14-28(38)32(25)43-8)19-27(23)22(4)30(31)26-18-29(39)33-24(20(26)2)13-11-17-45-33/h10,12,14,18,34H,9,11,13,15-17,19H2,1-8H3. The highest BCUT2D eigenvalue weighted by Crippen LogP contribution is 2.46. The monoisotopic (exact) mass is 635 g/mol. The molecule has 2 heterocycles. The summed E-state index contributed by atoms with van der Waals surface area (Å²) >= 11 is 0. The molecule has 0 bridgehead atoms. The predicted molar refractivity (Wildman–Crippen MR) is 171 cm³/mol. The smallest absolute Gasteiger partial charge is 0.339 e. The molecule has 3 aromatic carbocycles. The van der Waals surface area contributed by atoms with Crippen molar-refractivity contribution in [2.75, 3.05) is 26.9 Å². The maximum Gasteiger partial charge on any atom is 0.339 e. The third-order valence-electron chi connectivity index (χ3n) is 8.93. The molecule has 9 heteroatoms. The van der Waals surface area contributed by atoms with Crippen molar-refractivity contribution in [2.24, 2.45) is 0 Å². The molecular formula is C37H43F2NO6. The van der Waals surface area contributed by atoms with Crippen LogP contribution in [0.25, 0.3) is 11.1 Å². The Kier molecular flexibility index (Phi) is 9.45. The maximum atomic E-state index is 15.8. The Labute approximate surface area is 269 Å². The topological polar surface area (TPSA) is 74.3 Å². The number of rotatable bonds is 7. The normalized spacial score (nSPS) is 15.0. The van der Waals surface area contributed by atoms with Crippen LogP contribution in [-0.4, -0.2) is 49.2 Å². The second-order valence-electron chi connectivity index (χ2n) is 12.9. The van der Waals surface area contributed by atoms with Crippen LogP contribution in [0, 0.1) is 32.4 Å². The van der Waals surface area contributed by atoms with Crippen molar-refractivity contribution in [2.45, 2.75) is 86.0 Å². The Morgan fingerprint density at radius 3 is 2.41 bits per heavy atom. The summed E-state index contributed by atoms with van der Waals surface area (Å²) in [5.74, 6) is -1.76. The van der Waals surface area contributed by atoms with Crippen LogP contribution in [0.1, 0.15) is 89.5 Å². The van der Waals surface area contributed by atoms with E-state index in [0.29, 0.717) is 42.7 Å². The van der Waals surface area contributed by atoms with Crippen LogP contribution in [0.15, 0.2) is 24.3 Å². The van der Waals surface area contributed by atoms with E-state index in [1.807, 2.05) is 41.5 Å². The van der Waals surface area contributed by atoms with Gasteiger partial charge < -0.3 is 23.8 Å². The minimum atomic E-state index is -1.08. The summed E-state index contributed by atoms with van der Waals surface area (Å²) in [6, 6.07) is 5.79. The summed E-state index contributed by atoms with van der Waals surface area (Å²) in [6.07, 6.45) is 0.854. The van der Waals surface area contributed by atoms with Crippen LogP contribution in [0.4, 0.5) is 8.78 Å². The first-order valence-corrected chi connectivity index (χ1v) is 15.8. The van der Waals surface area contributed by atoms with Crippen LogP contribution in [-0.2, 0) is 33.7 Å². The van der Waals surface area contributed by atoms with E-state index < -0.39 is 29.3 Å². The summed E-state index contributed by atoms with van der Waals surface area (Å²) in [5, 5.41) is 0. The van der Waals surface area contributed by atoms with Gasteiger partial charge in [-0.15, -0.1) is 0 Å². The number of ether oxygens (including phenoxy) is 4. The van der Waals surface area contributed by atoms with Gasteiger partial charge in [0.1, 0.15) is 0 Å². The van der Waals surface area contributed by atoms with Gasteiger partial charge in [-0.2, -0.15) is 0 Å². The van der Waals surface area contributed by atoms with Gasteiger partial charge in [-0.3, -0.25) is 4.79 Å². The van der Waals surface area contributed by atoms with Crippen LogP contribution < -0.4 is 9.47 Å². The van der Waals surface area contributed by atoms with Crippen LogP contribution in [0.2, 0.25) is 0 Å². The molecule has 2 aliphatic rings. The third-order valence-corrected chi connectivity index (χ3v) is 8.93. The number of benzene rings is 3.